The van der Waals surface area contributed by atoms with Crippen LogP contribution in [0, 0.1) is 6.92 Å². The summed E-state index contributed by atoms with van der Waals surface area (Å²) in [5, 5.41) is 1.07. The average Bonchev–Trinajstić information content (AvgIpc) is 3.20. The van der Waals surface area contributed by atoms with E-state index in [4.69, 9.17) is 14.2 Å². The van der Waals surface area contributed by atoms with Crippen LogP contribution in [-0.4, -0.2) is 103 Å². The first-order valence-corrected chi connectivity index (χ1v) is 21.0. The summed E-state index contributed by atoms with van der Waals surface area (Å²) >= 11 is 0. The molecule has 3 aliphatic rings. The lowest BCUT2D eigenvalue weighted by Gasteiger charge is -2.32. The van der Waals surface area contributed by atoms with Crippen molar-refractivity contribution in [2.24, 2.45) is 0 Å². The van der Waals surface area contributed by atoms with Gasteiger partial charge in [0.15, 0.2) is 0 Å². The molecule has 3 fully saturated rings. The third kappa shape index (κ3) is 9.23. The Kier molecular flexibility index (Phi) is 12.0. The second kappa shape index (κ2) is 16.2. The van der Waals surface area contributed by atoms with Crippen LogP contribution in [0.2, 0.25) is 0 Å². The average molecular weight is 766 g/mol. The van der Waals surface area contributed by atoms with E-state index in [-0.39, 0.29) is 11.7 Å². The zero-order valence-corrected chi connectivity index (χ0v) is 34.0. The van der Waals surface area contributed by atoms with Crippen molar-refractivity contribution in [3.8, 4) is 17.0 Å². The maximum absolute atomic E-state index is 13.6. The molecule has 0 atom stereocenters. The fourth-order valence-corrected chi connectivity index (χ4v) is 9.10. The maximum atomic E-state index is 13.6. The van der Waals surface area contributed by atoms with Crippen LogP contribution in [-0.2, 0) is 26.2 Å². The Balaban J connectivity index is 1.35. The van der Waals surface area contributed by atoms with Crippen molar-refractivity contribution < 1.29 is 32.2 Å². The van der Waals surface area contributed by atoms with Crippen LogP contribution < -0.4 is 9.46 Å². The third-order valence-corrected chi connectivity index (χ3v) is 12.3. The van der Waals surface area contributed by atoms with Gasteiger partial charge < -0.3 is 23.7 Å². The second-order valence-electron chi connectivity index (χ2n) is 16.8. The summed E-state index contributed by atoms with van der Waals surface area (Å²) in [6.45, 7) is 16.3. The first-order valence-electron chi connectivity index (χ1n) is 19.5. The van der Waals surface area contributed by atoms with Crippen LogP contribution in [0.3, 0.4) is 0 Å². The van der Waals surface area contributed by atoms with Crippen LogP contribution in [0.25, 0.3) is 22.2 Å². The van der Waals surface area contributed by atoms with Gasteiger partial charge in [0.2, 0.25) is 0 Å². The molecule has 2 aliphatic heterocycles. The summed E-state index contributed by atoms with van der Waals surface area (Å²) in [6.07, 6.45) is 6.99. The highest BCUT2D eigenvalue weighted by atomic mass is 32.2. The van der Waals surface area contributed by atoms with E-state index >= 15 is 0 Å². The summed E-state index contributed by atoms with van der Waals surface area (Å²) < 4.78 is 49.7. The Morgan fingerprint density at radius 2 is 1.59 bits per heavy atom. The number of fused-ring (bicyclic) bond motifs is 1. The number of aryl methyl sites for hydroxylation is 1. The van der Waals surface area contributed by atoms with Crippen LogP contribution in [0.1, 0.15) is 107 Å². The quantitative estimate of drug-likeness (QED) is 0.221. The van der Waals surface area contributed by atoms with Crippen molar-refractivity contribution in [1.29, 1.82) is 0 Å². The minimum absolute atomic E-state index is 0.286. The molecule has 3 heterocycles. The lowest BCUT2D eigenvalue weighted by Crippen LogP contribution is -2.49. The first kappa shape index (κ1) is 40.0. The zero-order valence-electron chi connectivity index (χ0n) is 33.2. The Hall–Kier alpha value is -3.65. The molecule has 0 spiro atoms. The molecule has 2 saturated heterocycles. The van der Waals surface area contributed by atoms with Crippen LogP contribution in [0.5, 0.6) is 5.75 Å². The smallest absolute Gasteiger partial charge is 0.410 e. The minimum Gasteiger partial charge on any atom is -0.497 e. The van der Waals surface area contributed by atoms with E-state index in [2.05, 4.69) is 47.1 Å². The highest BCUT2D eigenvalue weighted by molar-refractivity contribution is 7.87. The molecule has 1 N–H and O–H groups in total. The number of benzene rings is 2. The predicted molar refractivity (Wildman–Crippen MR) is 211 cm³/mol. The number of ether oxygens (including phenoxy) is 3. The molecule has 2 aromatic carbocycles. The molecule has 1 aliphatic carbocycles. The summed E-state index contributed by atoms with van der Waals surface area (Å²) in [4.78, 5) is 30.4. The van der Waals surface area contributed by atoms with Gasteiger partial charge in [0, 0.05) is 61.3 Å². The molecule has 0 radical (unpaired) electrons. The van der Waals surface area contributed by atoms with Crippen molar-refractivity contribution in [2.45, 2.75) is 110 Å². The van der Waals surface area contributed by atoms with Gasteiger partial charge in [-0.2, -0.15) is 12.7 Å². The molecule has 296 valence electrons. The van der Waals surface area contributed by atoms with Gasteiger partial charge in [-0.15, -0.1) is 0 Å². The van der Waals surface area contributed by atoms with Crippen molar-refractivity contribution in [3.63, 3.8) is 0 Å². The Morgan fingerprint density at radius 1 is 0.870 bits per heavy atom. The van der Waals surface area contributed by atoms with Crippen molar-refractivity contribution >= 4 is 33.1 Å². The second-order valence-corrected chi connectivity index (χ2v) is 18.4. The number of carbonyl (C=O) groups excluding carboxylic acids is 2. The Labute approximate surface area is 321 Å². The predicted octanol–water partition coefficient (Wildman–Crippen LogP) is 7.05. The number of rotatable bonds is 11. The summed E-state index contributed by atoms with van der Waals surface area (Å²) in [5.74, 6) is 0.474. The summed E-state index contributed by atoms with van der Waals surface area (Å²) in [6, 6.07) is 11.8. The molecule has 1 aromatic heterocycles. The Bertz CT molecular complexity index is 1940. The van der Waals surface area contributed by atoms with E-state index in [0.29, 0.717) is 51.9 Å². The molecule has 6 rings (SSSR count). The number of nitrogens with one attached hydrogen (secondary N) is 1. The highest BCUT2D eigenvalue weighted by Crippen LogP contribution is 2.46. The normalized spacial score (nSPS) is 18.3. The monoisotopic (exact) mass is 765 g/mol. The first-order chi connectivity index (χ1) is 25.5. The maximum Gasteiger partial charge on any atom is 0.410 e. The fraction of sp³-hybridized carbons (Fsp3) is 0.610. The number of hydrogen-bond acceptors (Lipinski definition) is 8. The Morgan fingerprint density at radius 3 is 2.24 bits per heavy atom. The molecule has 54 heavy (non-hydrogen) atoms. The third-order valence-electron chi connectivity index (χ3n) is 10.9. The standard InChI is InChI=1S/C41H59N5O7S/c1-29-25-32(51-7)16-18-33(29)37-36(30-13-9-8-10-14-30)34-17-15-31(38(47)42-54(49,50)45-21-12-22-45)26-35(34)46(37)27-41(5,6)52-28-43-19-11-20-44(24-23-43)39(48)53-40(2,3)4/h15-18,25-26,30H,8-14,19-24,27-28H2,1-7H3,(H,42,47). The molecule has 0 bridgehead atoms. The lowest BCUT2D eigenvalue weighted by molar-refractivity contribution is -0.0803. The van der Waals surface area contributed by atoms with Crippen molar-refractivity contribution in [1.82, 2.24) is 23.4 Å². The van der Waals surface area contributed by atoms with Gasteiger partial charge in [-0.05, 0) is 115 Å². The molecule has 12 nitrogen and oxygen atoms in total. The highest BCUT2D eigenvalue weighted by Gasteiger charge is 2.33. The zero-order chi connectivity index (χ0) is 38.8. The van der Waals surface area contributed by atoms with E-state index in [1.165, 1.54) is 16.3 Å². The van der Waals surface area contributed by atoms with Gasteiger partial charge in [0.25, 0.3) is 5.91 Å². The van der Waals surface area contributed by atoms with Gasteiger partial charge in [0.05, 0.1) is 31.7 Å². The van der Waals surface area contributed by atoms with E-state index in [1.54, 1.807) is 18.1 Å². The number of hydrogen-bond donors (Lipinski definition) is 1. The molecule has 1 saturated carbocycles. The summed E-state index contributed by atoms with van der Waals surface area (Å²) in [5.41, 5.74) is 4.49. The number of methoxy groups -OCH3 is 1. The van der Waals surface area contributed by atoms with Gasteiger partial charge in [-0.1, -0.05) is 25.3 Å². The van der Waals surface area contributed by atoms with E-state index < -0.39 is 27.3 Å². The van der Waals surface area contributed by atoms with Crippen LogP contribution >= 0.6 is 0 Å². The number of nitrogens with zero attached hydrogens (tertiary/aromatic N) is 4. The number of amides is 2. The van der Waals surface area contributed by atoms with Gasteiger partial charge in [-0.25, -0.2) is 9.52 Å². The van der Waals surface area contributed by atoms with Crippen molar-refractivity contribution in [3.05, 3.63) is 53.1 Å². The largest absolute Gasteiger partial charge is 0.497 e. The molecular formula is C41H59N5O7S. The van der Waals surface area contributed by atoms with Crippen LogP contribution in [0.15, 0.2) is 36.4 Å². The molecule has 0 unspecified atom stereocenters. The minimum atomic E-state index is -3.91. The SMILES string of the molecule is COc1ccc(-c2c(C3CCCCC3)c3ccc(C(=O)NS(=O)(=O)N4CCC4)cc3n2CC(C)(C)OCN2CCCN(C(=O)OC(C)(C)C)CC2)c(C)c1. The molecule has 13 heteroatoms. The lowest BCUT2D eigenvalue weighted by atomic mass is 9.81. The van der Waals surface area contributed by atoms with E-state index in [1.807, 2.05) is 39.0 Å². The summed E-state index contributed by atoms with van der Waals surface area (Å²) in [7, 11) is -2.24. The number of aromatic nitrogens is 1. The molecule has 2 amide bonds. The molecular weight excluding hydrogens is 707 g/mol. The van der Waals surface area contributed by atoms with E-state index in [0.717, 1.165) is 78.5 Å². The fourth-order valence-electron chi connectivity index (χ4n) is 7.88. The van der Waals surface area contributed by atoms with Crippen molar-refractivity contribution in [2.75, 3.05) is 53.1 Å². The number of carbonyl (C=O) groups is 2. The molecule has 3 aromatic rings. The van der Waals surface area contributed by atoms with Gasteiger partial charge in [0.1, 0.15) is 11.4 Å². The topological polar surface area (TPSA) is 123 Å². The van der Waals surface area contributed by atoms with Crippen LogP contribution in [0.4, 0.5) is 4.79 Å². The van der Waals surface area contributed by atoms with Gasteiger partial charge in [-0.3, -0.25) is 9.69 Å². The van der Waals surface area contributed by atoms with E-state index in [9.17, 15) is 18.0 Å². The van der Waals surface area contributed by atoms with Gasteiger partial charge >= 0.3 is 16.3 Å².